The van der Waals surface area contributed by atoms with Gasteiger partial charge in [-0.25, -0.2) is 4.39 Å². The number of carbonyl (C=O) groups is 2. The van der Waals surface area contributed by atoms with Crippen LogP contribution in [0.25, 0.3) is 5.57 Å². The molecule has 5 heteroatoms. The highest BCUT2D eigenvalue weighted by Crippen LogP contribution is 2.34. The van der Waals surface area contributed by atoms with Crippen molar-refractivity contribution < 1.29 is 14.0 Å². The van der Waals surface area contributed by atoms with E-state index in [0.717, 1.165) is 54.6 Å². The van der Waals surface area contributed by atoms with Crippen molar-refractivity contribution in [2.45, 2.75) is 39.5 Å². The number of imide groups is 1. The van der Waals surface area contributed by atoms with Crippen LogP contribution in [-0.4, -0.2) is 41.2 Å². The number of piperidine rings is 1. The molecule has 0 saturated carbocycles. The molecule has 156 valence electrons. The van der Waals surface area contributed by atoms with Gasteiger partial charge < -0.3 is 4.90 Å². The third-order valence-corrected chi connectivity index (χ3v) is 6.00. The highest BCUT2D eigenvalue weighted by molar-refractivity contribution is 6.35. The lowest BCUT2D eigenvalue weighted by atomic mass is 9.97. The fourth-order valence-electron chi connectivity index (χ4n) is 4.41. The number of hydrogen-bond acceptors (Lipinski definition) is 3. The van der Waals surface area contributed by atoms with Crippen LogP contribution in [0, 0.1) is 19.7 Å². The second kappa shape index (κ2) is 8.42. The van der Waals surface area contributed by atoms with E-state index >= 15 is 0 Å². The van der Waals surface area contributed by atoms with Gasteiger partial charge in [-0.2, -0.15) is 0 Å². The SMILES string of the molecule is Cc1ccc(C2=C(N3CCCCC3)C(=O)N(CCc3ccc(F)cc3)C2=O)c(C)c1. The normalized spacial score (nSPS) is 17.3. The van der Waals surface area contributed by atoms with Crippen molar-refractivity contribution in [2.75, 3.05) is 19.6 Å². The summed E-state index contributed by atoms with van der Waals surface area (Å²) in [6.45, 7) is 5.90. The first-order valence-electron chi connectivity index (χ1n) is 10.6. The zero-order chi connectivity index (χ0) is 21.3. The molecule has 0 aliphatic carbocycles. The quantitative estimate of drug-likeness (QED) is 0.697. The average Bonchev–Trinajstić information content (AvgIpc) is 2.98. The maximum atomic E-state index is 13.4. The molecule has 4 nitrogen and oxygen atoms in total. The van der Waals surface area contributed by atoms with Crippen LogP contribution in [0.2, 0.25) is 0 Å². The average molecular weight is 407 g/mol. The predicted molar refractivity (Wildman–Crippen MR) is 115 cm³/mol. The van der Waals surface area contributed by atoms with Gasteiger partial charge in [-0.1, -0.05) is 35.9 Å². The summed E-state index contributed by atoms with van der Waals surface area (Å²) < 4.78 is 13.2. The van der Waals surface area contributed by atoms with Crippen molar-refractivity contribution in [3.8, 4) is 0 Å². The van der Waals surface area contributed by atoms with E-state index in [-0.39, 0.29) is 24.2 Å². The molecular formula is C25H27FN2O2. The van der Waals surface area contributed by atoms with E-state index in [0.29, 0.717) is 17.7 Å². The Morgan fingerprint density at radius 1 is 0.900 bits per heavy atom. The summed E-state index contributed by atoms with van der Waals surface area (Å²) in [5.41, 5.74) is 4.94. The molecule has 0 atom stereocenters. The first-order chi connectivity index (χ1) is 14.5. The van der Waals surface area contributed by atoms with Crippen LogP contribution in [0.3, 0.4) is 0 Å². The predicted octanol–water partition coefficient (Wildman–Crippen LogP) is 4.25. The Balaban J connectivity index is 1.67. The van der Waals surface area contributed by atoms with Crippen LogP contribution in [-0.2, 0) is 16.0 Å². The number of carbonyl (C=O) groups excluding carboxylic acids is 2. The molecule has 2 aliphatic heterocycles. The Labute approximate surface area is 177 Å². The first kappa shape index (κ1) is 20.3. The Morgan fingerprint density at radius 2 is 1.60 bits per heavy atom. The molecule has 2 amide bonds. The van der Waals surface area contributed by atoms with Crippen LogP contribution in [0.1, 0.15) is 41.5 Å². The van der Waals surface area contributed by atoms with Crippen molar-refractivity contribution in [3.63, 3.8) is 0 Å². The fourth-order valence-corrected chi connectivity index (χ4v) is 4.41. The lowest BCUT2D eigenvalue weighted by molar-refractivity contribution is -0.137. The minimum atomic E-state index is -0.293. The summed E-state index contributed by atoms with van der Waals surface area (Å²) in [5.74, 6) is -0.730. The molecule has 0 radical (unpaired) electrons. The van der Waals surface area contributed by atoms with E-state index in [1.165, 1.54) is 17.0 Å². The topological polar surface area (TPSA) is 40.6 Å². The standard InChI is InChI=1S/C25H27FN2O2/c1-17-6-11-21(18(2)16-17)22-23(27-13-4-3-5-14-27)25(30)28(24(22)29)15-12-19-7-9-20(26)10-8-19/h6-11,16H,3-5,12-15H2,1-2H3. The van der Waals surface area contributed by atoms with E-state index in [1.807, 2.05) is 26.0 Å². The molecule has 1 fully saturated rings. The van der Waals surface area contributed by atoms with E-state index in [2.05, 4.69) is 11.0 Å². The zero-order valence-corrected chi connectivity index (χ0v) is 17.6. The van der Waals surface area contributed by atoms with Gasteiger partial charge in [0, 0.05) is 19.6 Å². The molecule has 0 N–H and O–H groups in total. The Kier molecular flexibility index (Phi) is 5.71. The minimum Gasteiger partial charge on any atom is -0.366 e. The van der Waals surface area contributed by atoms with Crippen molar-refractivity contribution in [3.05, 3.63) is 76.2 Å². The largest absolute Gasteiger partial charge is 0.366 e. The lowest BCUT2D eigenvalue weighted by Gasteiger charge is -2.29. The summed E-state index contributed by atoms with van der Waals surface area (Å²) in [5, 5.41) is 0. The summed E-state index contributed by atoms with van der Waals surface area (Å²) in [6.07, 6.45) is 3.71. The molecule has 2 aliphatic rings. The number of aryl methyl sites for hydroxylation is 2. The van der Waals surface area contributed by atoms with E-state index in [1.54, 1.807) is 12.1 Å². The molecule has 0 aromatic heterocycles. The van der Waals surface area contributed by atoms with Crippen LogP contribution in [0.5, 0.6) is 0 Å². The highest BCUT2D eigenvalue weighted by atomic mass is 19.1. The zero-order valence-electron chi connectivity index (χ0n) is 17.6. The number of benzene rings is 2. The van der Waals surface area contributed by atoms with Crippen LogP contribution in [0.15, 0.2) is 48.2 Å². The number of amides is 2. The van der Waals surface area contributed by atoms with Gasteiger partial charge in [-0.3, -0.25) is 14.5 Å². The van der Waals surface area contributed by atoms with Crippen molar-refractivity contribution >= 4 is 17.4 Å². The third-order valence-electron chi connectivity index (χ3n) is 6.00. The number of hydrogen-bond donors (Lipinski definition) is 0. The fraction of sp³-hybridized carbons (Fsp3) is 0.360. The van der Waals surface area contributed by atoms with Gasteiger partial charge in [0.25, 0.3) is 11.8 Å². The summed E-state index contributed by atoms with van der Waals surface area (Å²) in [4.78, 5) is 30.3. The maximum Gasteiger partial charge on any atom is 0.277 e. The number of nitrogens with zero attached hydrogens (tertiary/aromatic N) is 2. The van der Waals surface area contributed by atoms with Gasteiger partial charge in [0.1, 0.15) is 11.5 Å². The smallest absolute Gasteiger partial charge is 0.277 e. The van der Waals surface area contributed by atoms with E-state index in [9.17, 15) is 14.0 Å². The van der Waals surface area contributed by atoms with Crippen LogP contribution >= 0.6 is 0 Å². The summed E-state index contributed by atoms with van der Waals surface area (Å²) >= 11 is 0. The van der Waals surface area contributed by atoms with E-state index in [4.69, 9.17) is 0 Å². The van der Waals surface area contributed by atoms with Gasteiger partial charge in [0.2, 0.25) is 0 Å². The van der Waals surface area contributed by atoms with Gasteiger partial charge in [-0.05, 0) is 68.4 Å². The van der Waals surface area contributed by atoms with Crippen molar-refractivity contribution in [1.82, 2.24) is 9.80 Å². The lowest BCUT2D eigenvalue weighted by Crippen LogP contribution is -2.38. The highest BCUT2D eigenvalue weighted by Gasteiger charge is 2.41. The molecule has 1 saturated heterocycles. The summed E-state index contributed by atoms with van der Waals surface area (Å²) in [6, 6.07) is 12.2. The number of likely N-dealkylation sites (tertiary alicyclic amines) is 1. The molecule has 2 heterocycles. The van der Waals surface area contributed by atoms with Gasteiger partial charge >= 0.3 is 0 Å². The molecule has 2 aromatic carbocycles. The second-order valence-corrected chi connectivity index (χ2v) is 8.23. The van der Waals surface area contributed by atoms with Crippen LogP contribution in [0.4, 0.5) is 4.39 Å². The third kappa shape index (κ3) is 3.89. The Hall–Kier alpha value is -2.95. The van der Waals surface area contributed by atoms with Gasteiger partial charge in [-0.15, -0.1) is 0 Å². The minimum absolute atomic E-state index is 0.209. The summed E-state index contributed by atoms with van der Waals surface area (Å²) in [7, 11) is 0. The number of rotatable bonds is 5. The number of halogens is 1. The van der Waals surface area contributed by atoms with E-state index < -0.39 is 0 Å². The Morgan fingerprint density at radius 3 is 2.27 bits per heavy atom. The molecular weight excluding hydrogens is 379 g/mol. The maximum absolute atomic E-state index is 13.4. The Bertz CT molecular complexity index is 1000. The van der Waals surface area contributed by atoms with Crippen molar-refractivity contribution in [2.24, 2.45) is 0 Å². The molecule has 2 aromatic rings. The molecule has 0 unspecified atom stereocenters. The molecule has 30 heavy (non-hydrogen) atoms. The van der Waals surface area contributed by atoms with Crippen LogP contribution < -0.4 is 0 Å². The molecule has 0 bridgehead atoms. The molecule has 4 rings (SSSR count). The van der Waals surface area contributed by atoms with Gasteiger partial charge in [0.15, 0.2) is 0 Å². The van der Waals surface area contributed by atoms with Gasteiger partial charge in [0.05, 0.1) is 5.57 Å². The molecule has 0 spiro atoms. The second-order valence-electron chi connectivity index (χ2n) is 8.23. The van der Waals surface area contributed by atoms with Crippen molar-refractivity contribution in [1.29, 1.82) is 0 Å². The first-order valence-corrected chi connectivity index (χ1v) is 10.6. The monoisotopic (exact) mass is 406 g/mol.